The molecule has 2 aromatic rings. The van der Waals surface area contributed by atoms with Crippen molar-refractivity contribution in [2.45, 2.75) is 13.0 Å². The Morgan fingerprint density at radius 1 is 1.04 bits per heavy atom. The number of aromatic nitrogens is 2. The Labute approximate surface area is 143 Å². The molecule has 8 heteroatoms. The van der Waals surface area contributed by atoms with Crippen molar-refractivity contribution in [2.75, 3.05) is 31.1 Å². The fourth-order valence-electron chi connectivity index (χ4n) is 2.89. The van der Waals surface area contributed by atoms with E-state index in [1.807, 2.05) is 0 Å². The highest BCUT2D eigenvalue weighted by atomic mass is 19.1. The predicted octanol–water partition coefficient (Wildman–Crippen LogP) is 0.415. The maximum atomic E-state index is 13.0. The van der Waals surface area contributed by atoms with E-state index in [9.17, 15) is 18.8 Å². The number of carbonyl (C=O) groups is 1. The third-order valence-electron chi connectivity index (χ3n) is 4.24. The van der Waals surface area contributed by atoms with E-state index in [1.165, 1.54) is 29.0 Å². The van der Waals surface area contributed by atoms with Crippen molar-refractivity contribution in [3.8, 4) is 0 Å². The predicted molar refractivity (Wildman–Crippen MR) is 91.1 cm³/mol. The Morgan fingerprint density at radius 3 is 2.52 bits per heavy atom. The largest absolute Gasteiger partial charge is 0.370 e. The summed E-state index contributed by atoms with van der Waals surface area (Å²) >= 11 is 0. The summed E-state index contributed by atoms with van der Waals surface area (Å²) in [5, 5.41) is 0. The molecule has 1 aliphatic rings. The van der Waals surface area contributed by atoms with E-state index in [4.69, 9.17) is 0 Å². The number of hydrogen-bond donors (Lipinski definition) is 1. The molecule has 2 heterocycles. The molecule has 1 aliphatic heterocycles. The van der Waals surface area contributed by atoms with E-state index in [-0.39, 0.29) is 18.3 Å². The fraction of sp³-hybridized carbons (Fsp3) is 0.353. The highest BCUT2D eigenvalue weighted by molar-refractivity contribution is 5.76. The third-order valence-corrected chi connectivity index (χ3v) is 4.24. The number of rotatable bonds is 3. The Kier molecular flexibility index (Phi) is 4.97. The highest BCUT2D eigenvalue weighted by Gasteiger charge is 2.20. The van der Waals surface area contributed by atoms with E-state index in [0.717, 1.165) is 18.7 Å². The Hall–Kier alpha value is -2.90. The van der Waals surface area contributed by atoms with Gasteiger partial charge in [0.05, 0.1) is 0 Å². The second-order valence-corrected chi connectivity index (χ2v) is 5.94. The van der Waals surface area contributed by atoms with Crippen LogP contribution in [-0.4, -0.2) is 46.5 Å². The molecule has 132 valence electrons. The van der Waals surface area contributed by atoms with Gasteiger partial charge in [-0.15, -0.1) is 0 Å². The normalized spacial score (nSPS) is 15.1. The summed E-state index contributed by atoms with van der Waals surface area (Å²) in [6, 6.07) is 7.52. The summed E-state index contributed by atoms with van der Waals surface area (Å²) < 4.78 is 14.2. The van der Waals surface area contributed by atoms with E-state index < -0.39 is 11.2 Å². The fourth-order valence-corrected chi connectivity index (χ4v) is 2.89. The monoisotopic (exact) mass is 346 g/mol. The van der Waals surface area contributed by atoms with Gasteiger partial charge in [0.2, 0.25) is 5.91 Å². The van der Waals surface area contributed by atoms with Crippen molar-refractivity contribution in [3.05, 3.63) is 63.2 Å². The van der Waals surface area contributed by atoms with Gasteiger partial charge in [-0.2, -0.15) is 0 Å². The molecule has 0 spiro atoms. The topological polar surface area (TPSA) is 78.4 Å². The second kappa shape index (κ2) is 7.33. The van der Waals surface area contributed by atoms with Gasteiger partial charge in [-0.1, -0.05) is 0 Å². The Morgan fingerprint density at radius 2 is 1.80 bits per heavy atom. The lowest BCUT2D eigenvalue weighted by Gasteiger charge is -2.24. The van der Waals surface area contributed by atoms with Gasteiger partial charge in [-0.25, -0.2) is 9.18 Å². The first-order valence-corrected chi connectivity index (χ1v) is 8.11. The van der Waals surface area contributed by atoms with Crippen LogP contribution >= 0.6 is 0 Å². The molecule has 1 saturated heterocycles. The van der Waals surface area contributed by atoms with Crippen LogP contribution in [0.2, 0.25) is 0 Å². The minimum Gasteiger partial charge on any atom is -0.370 e. The first kappa shape index (κ1) is 16.9. The Balaban J connectivity index is 1.64. The van der Waals surface area contributed by atoms with Crippen LogP contribution in [0.1, 0.15) is 6.42 Å². The number of nitrogens with zero attached hydrogens (tertiary/aromatic N) is 3. The van der Waals surface area contributed by atoms with Crippen LogP contribution in [0.3, 0.4) is 0 Å². The zero-order chi connectivity index (χ0) is 17.8. The molecule has 0 saturated carbocycles. The first-order valence-electron chi connectivity index (χ1n) is 8.11. The number of nitrogens with one attached hydrogen (secondary N) is 1. The van der Waals surface area contributed by atoms with Crippen molar-refractivity contribution >= 4 is 11.6 Å². The standard InChI is InChI=1S/C17H19FN4O3/c18-13-2-4-14(5-3-13)20-7-1-8-21(11-10-20)16(24)12-22-9-6-15(23)19-17(22)25/h2-6,9H,1,7-8,10-12H2,(H,19,23,25). The molecule has 0 bridgehead atoms. The van der Waals surface area contributed by atoms with Crippen molar-refractivity contribution in [2.24, 2.45) is 0 Å². The van der Waals surface area contributed by atoms with E-state index in [2.05, 4.69) is 9.88 Å². The van der Waals surface area contributed by atoms with E-state index in [0.29, 0.717) is 19.6 Å². The lowest BCUT2D eigenvalue weighted by molar-refractivity contribution is -0.131. The molecule has 3 rings (SSSR count). The van der Waals surface area contributed by atoms with E-state index in [1.54, 1.807) is 17.0 Å². The molecule has 7 nitrogen and oxygen atoms in total. The minimum atomic E-state index is -0.594. The SMILES string of the molecule is O=C(Cn1ccc(=O)[nH]c1=O)N1CCCN(c2ccc(F)cc2)CC1. The highest BCUT2D eigenvalue weighted by Crippen LogP contribution is 2.17. The number of amides is 1. The molecular formula is C17H19FN4O3. The number of hydrogen-bond acceptors (Lipinski definition) is 4. The van der Waals surface area contributed by atoms with Gasteiger partial charge in [0.1, 0.15) is 12.4 Å². The van der Waals surface area contributed by atoms with Crippen LogP contribution in [0.5, 0.6) is 0 Å². The average molecular weight is 346 g/mol. The molecule has 1 amide bonds. The molecule has 1 fully saturated rings. The zero-order valence-corrected chi connectivity index (χ0v) is 13.7. The summed E-state index contributed by atoms with van der Waals surface area (Å²) in [7, 11) is 0. The number of halogens is 1. The van der Waals surface area contributed by atoms with Crippen LogP contribution in [0.4, 0.5) is 10.1 Å². The van der Waals surface area contributed by atoms with Gasteiger partial charge < -0.3 is 9.80 Å². The van der Waals surface area contributed by atoms with E-state index >= 15 is 0 Å². The van der Waals surface area contributed by atoms with Gasteiger partial charge in [0.15, 0.2) is 0 Å². The molecule has 25 heavy (non-hydrogen) atoms. The van der Waals surface area contributed by atoms with Gasteiger partial charge in [-0.3, -0.25) is 19.1 Å². The molecule has 0 aliphatic carbocycles. The lowest BCUT2D eigenvalue weighted by atomic mass is 10.2. The summed E-state index contributed by atoms with van der Waals surface area (Å²) in [6.45, 7) is 2.42. The van der Waals surface area contributed by atoms with Crippen LogP contribution in [-0.2, 0) is 11.3 Å². The molecule has 0 unspecified atom stereocenters. The molecule has 0 radical (unpaired) electrons. The molecule has 0 atom stereocenters. The maximum absolute atomic E-state index is 13.0. The van der Waals surface area contributed by atoms with Crippen LogP contribution in [0, 0.1) is 5.82 Å². The molecule has 1 aromatic carbocycles. The second-order valence-electron chi connectivity index (χ2n) is 5.94. The summed E-state index contributed by atoms with van der Waals surface area (Å²) in [5.41, 5.74) is -0.158. The zero-order valence-electron chi connectivity index (χ0n) is 13.7. The summed E-state index contributed by atoms with van der Waals surface area (Å²) in [6.07, 6.45) is 2.10. The summed E-state index contributed by atoms with van der Waals surface area (Å²) in [5.74, 6) is -0.447. The molecular weight excluding hydrogens is 327 g/mol. The van der Waals surface area contributed by atoms with Gasteiger partial charge in [0.25, 0.3) is 5.56 Å². The summed E-state index contributed by atoms with van der Waals surface area (Å²) in [4.78, 5) is 41.2. The van der Waals surface area contributed by atoms with Crippen molar-refractivity contribution < 1.29 is 9.18 Å². The smallest absolute Gasteiger partial charge is 0.328 e. The van der Waals surface area contributed by atoms with Crippen LogP contribution in [0.25, 0.3) is 0 Å². The average Bonchev–Trinajstić information content (AvgIpc) is 2.84. The van der Waals surface area contributed by atoms with Gasteiger partial charge in [-0.05, 0) is 30.7 Å². The number of benzene rings is 1. The minimum absolute atomic E-state index is 0.105. The quantitative estimate of drug-likeness (QED) is 0.873. The number of H-pyrrole nitrogens is 1. The third kappa shape index (κ3) is 4.14. The van der Waals surface area contributed by atoms with Crippen LogP contribution in [0.15, 0.2) is 46.1 Å². The lowest BCUT2D eigenvalue weighted by Crippen LogP contribution is -2.40. The van der Waals surface area contributed by atoms with Gasteiger partial charge >= 0.3 is 5.69 Å². The maximum Gasteiger partial charge on any atom is 0.328 e. The first-order chi connectivity index (χ1) is 12.0. The molecule has 1 aromatic heterocycles. The van der Waals surface area contributed by atoms with Gasteiger partial charge in [0, 0.05) is 44.1 Å². The number of anilines is 1. The van der Waals surface area contributed by atoms with Crippen LogP contribution < -0.4 is 16.1 Å². The van der Waals surface area contributed by atoms with Crippen molar-refractivity contribution in [3.63, 3.8) is 0 Å². The van der Waals surface area contributed by atoms with Crippen molar-refractivity contribution in [1.82, 2.24) is 14.5 Å². The van der Waals surface area contributed by atoms with Crippen molar-refractivity contribution in [1.29, 1.82) is 0 Å². The molecule has 1 N–H and O–H groups in total. The number of carbonyl (C=O) groups excluding carboxylic acids is 1. The Bertz CT molecular complexity index is 859. The number of aromatic amines is 1.